The fourth-order valence-electron chi connectivity index (χ4n) is 0.899. The maximum absolute atomic E-state index is 5.04. The molecule has 0 aliphatic carbocycles. The first-order valence-corrected chi connectivity index (χ1v) is 3.57. The molecule has 1 aromatic rings. The van der Waals surface area contributed by atoms with Crippen molar-refractivity contribution in [2.24, 2.45) is 0 Å². The monoisotopic (exact) mass is 174 g/mol. The Morgan fingerprint density at radius 2 is 0.917 bits per heavy atom. The highest BCUT2D eigenvalue weighted by atomic mass is 16.6. The molecule has 0 saturated heterocycles. The molecule has 0 radical (unpaired) electrons. The van der Waals surface area contributed by atoms with E-state index in [2.05, 4.69) is 0 Å². The van der Waals surface area contributed by atoms with Gasteiger partial charge in [0.25, 0.3) is 0 Å². The molecule has 0 amide bonds. The van der Waals surface area contributed by atoms with Crippen molar-refractivity contribution in [1.82, 2.24) is 0 Å². The third-order valence-corrected chi connectivity index (χ3v) is 1.56. The summed E-state index contributed by atoms with van der Waals surface area (Å²) in [5.41, 5.74) is 0. The molecule has 0 unspecified atom stereocenters. The van der Waals surface area contributed by atoms with Gasteiger partial charge in [-0.05, 0) is 0 Å². The van der Waals surface area contributed by atoms with Gasteiger partial charge in [-0.2, -0.15) is 0 Å². The molecular formula is C9H12O3. The van der Waals surface area contributed by atoms with Crippen molar-refractivity contribution in [1.29, 1.82) is 0 Å². The molecule has 0 aliphatic heterocycles. The molecule has 0 bridgehead atoms. The van der Waals surface area contributed by atoms with Crippen LogP contribution in [0.15, 0.2) is 18.2 Å². The maximum Gasteiger partial charge on any atom is 0.126 e. The largest absolute Gasteiger partial charge is 0.496 e. The molecule has 0 spiro atoms. The summed E-state index contributed by atoms with van der Waals surface area (Å²) < 4.78 is 15.1. The van der Waals surface area contributed by atoms with E-state index in [0.717, 1.165) is 17.2 Å². The fraction of sp³-hybridized carbons (Fsp3) is 0.333. The van der Waals surface area contributed by atoms with Crippen molar-refractivity contribution in [3.05, 3.63) is 18.2 Å². The first-order valence-electron chi connectivity index (χ1n) is 3.57. The summed E-state index contributed by atoms with van der Waals surface area (Å²) in [5.74, 6) is 2.18. The lowest BCUT2D eigenvalue weighted by Gasteiger charge is -2.06. The number of ether oxygens (including phenoxy) is 3. The lowest BCUT2D eigenvalue weighted by molar-refractivity contribution is 0.375. The molecule has 0 heterocycles. The van der Waals surface area contributed by atoms with Crippen LogP contribution in [0, 0.1) is 0 Å². The Labute approximate surface area is 71.9 Å². The highest BCUT2D eigenvalue weighted by Gasteiger charge is 2.00. The smallest absolute Gasteiger partial charge is 0.126 e. The number of hydrogen-bond donors (Lipinski definition) is 0. The number of rotatable bonds is 3. The van der Waals surface area contributed by atoms with Crippen LogP contribution in [0.2, 0.25) is 0 Å². The molecule has 0 saturated carbocycles. The van der Waals surface area contributed by atoms with Crippen LogP contribution >= 0.6 is 0 Å². The lowest BCUT2D eigenvalue weighted by Crippen LogP contribution is -1.89. The normalized spacial score (nSPS) is 9.25. The Bertz CT molecular complexity index is 203. The SMILES string of the molecule is CO[13c]1[13cH][13c](OC)[13cH][13c](OC)[13cH]1. The number of methoxy groups -OCH3 is 3. The van der Waals surface area contributed by atoms with Crippen LogP contribution in [0.25, 0.3) is 0 Å². The highest BCUT2D eigenvalue weighted by Crippen LogP contribution is 2.26. The van der Waals surface area contributed by atoms with Crippen LogP contribution in [0.1, 0.15) is 0 Å². The van der Waals surface area contributed by atoms with Crippen molar-refractivity contribution in [3.63, 3.8) is 0 Å². The summed E-state index contributed by atoms with van der Waals surface area (Å²) in [5, 5.41) is 0. The molecule has 3 heteroatoms. The van der Waals surface area contributed by atoms with E-state index >= 15 is 0 Å². The van der Waals surface area contributed by atoms with Crippen LogP contribution in [0.4, 0.5) is 0 Å². The predicted molar refractivity (Wildman–Crippen MR) is 46.1 cm³/mol. The molecule has 0 aromatic heterocycles. The first-order chi connectivity index (χ1) is 5.80. The Kier molecular flexibility index (Phi) is 2.80. The first kappa shape index (κ1) is 8.71. The van der Waals surface area contributed by atoms with Gasteiger partial charge in [-0.25, -0.2) is 0 Å². The molecule has 0 aliphatic rings. The van der Waals surface area contributed by atoms with E-state index in [0.29, 0.717) is 0 Å². The topological polar surface area (TPSA) is 27.7 Å². The average molecular weight is 174 g/mol. The van der Waals surface area contributed by atoms with E-state index in [1.807, 2.05) is 0 Å². The second-order valence-electron chi connectivity index (χ2n) is 2.25. The average Bonchev–Trinajstić information content (AvgIpc) is 2.16. The quantitative estimate of drug-likeness (QED) is 0.698. The van der Waals surface area contributed by atoms with Crippen LogP contribution in [0.5, 0.6) is 17.2 Å². The zero-order chi connectivity index (χ0) is 8.97. The van der Waals surface area contributed by atoms with Gasteiger partial charge >= 0.3 is 0 Å². The predicted octanol–water partition coefficient (Wildman–Crippen LogP) is 1.71. The van der Waals surface area contributed by atoms with Crippen molar-refractivity contribution in [2.45, 2.75) is 0 Å². The summed E-state index contributed by atoms with van der Waals surface area (Å²) >= 11 is 0. The van der Waals surface area contributed by atoms with Crippen molar-refractivity contribution in [3.8, 4) is 17.2 Å². The van der Waals surface area contributed by atoms with Gasteiger partial charge in [0.05, 0.1) is 21.3 Å². The van der Waals surface area contributed by atoms with Gasteiger partial charge in [-0.3, -0.25) is 0 Å². The molecule has 3 nitrogen and oxygen atoms in total. The number of benzene rings is 1. The zero-order valence-corrected chi connectivity index (χ0v) is 7.46. The van der Waals surface area contributed by atoms with Gasteiger partial charge in [-0.1, -0.05) is 0 Å². The van der Waals surface area contributed by atoms with Crippen molar-refractivity contribution in [2.75, 3.05) is 21.3 Å². The molecule has 0 N–H and O–H groups in total. The molecule has 1 aromatic carbocycles. The lowest BCUT2D eigenvalue weighted by atomic mass is 11.2. The van der Waals surface area contributed by atoms with E-state index in [1.54, 1.807) is 39.5 Å². The van der Waals surface area contributed by atoms with Gasteiger partial charge in [0.15, 0.2) is 0 Å². The Morgan fingerprint density at radius 1 is 0.667 bits per heavy atom. The molecule has 0 atom stereocenters. The molecular weight excluding hydrogens is 162 g/mol. The van der Waals surface area contributed by atoms with Gasteiger partial charge in [-0.15, -0.1) is 0 Å². The zero-order valence-electron chi connectivity index (χ0n) is 7.46. The van der Waals surface area contributed by atoms with E-state index in [1.165, 1.54) is 0 Å². The summed E-state index contributed by atoms with van der Waals surface area (Å²) in [7, 11) is 4.82. The highest BCUT2D eigenvalue weighted by molar-refractivity contribution is 5.41. The Hall–Kier alpha value is -1.38. The van der Waals surface area contributed by atoms with Crippen LogP contribution in [-0.2, 0) is 0 Å². The minimum absolute atomic E-state index is 0.728. The Morgan fingerprint density at radius 3 is 1.08 bits per heavy atom. The fourth-order valence-corrected chi connectivity index (χ4v) is 0.899. The third kappa shape index (κ3) is 1.81. The van der Waals surface area contributed by atoms with E-state index in [4.69, 9.17) is 14.2 Å². The second-order valence-corrected chi connectivity index (χ2v) is 2.25. The van der Waals surface area contributed by atoms with E-state index < -0.39 is 0 Å². The summed E-state index contributed by atoms with van der Waals surface area (Å²) in [6.07, 6.45) is 0. The minimum Gasteiger partial charge on any atom is -0.496 e. The van der Waals surface area contributed by atoms with Gasteiger partial charge < -0.3 is 14.2 Å². The standard InChI is InChI=1S/C9H12O3/c1-10-7-4-8(11-2)6-9(5-7)12-3/h4-6H,1-3H3/i4+1,5+1,6+1,7+1,8+1,9+1. The third-order valence-electron chi connectivity index (χ3n) is 1.56. The van der Waals surface area contributed by atoms with Crippen molar-refractivity contribution >= 4 is 0 Å². The van der Waals surface area contributed by atoms with E-state index in [-0.39, 0.29) is 0 Å². The number of hydrogen-bond acceptors (Lipinski definition) is 3. The van der Waals surface area contributed by atoms with Crippen molar-refractivity contribution < 1.29 is 14.2 Å². The van der Waals surface area contributed by atoms with Gasteiger partial charge in [0.1, 0.15) is 17.2 Å². The summed E-state index contributed by atoms with van der Waals surface area (Å²) in [4.78, 5) is 0. The van der Waals surface area contributed by atoms with Crippen LogP contribution < -0.4 is 14.2 Å². The van der Waals surface area contributed by atoms with Crippen LogP contribution in [0.3, 0.4) is 0 Å². The summed E-state index contributed by atoms with van der Waals surface area (Å²) in [6.45, 7) is 0. The molecule has 0 fully saturated rings. The minimum atomic E-state index is 0.728. The molecule has 12 heavy (non-hydrogen) atoms. The molecule has 1 rings (SSSR count). The Balaban J connectivity index is 3.01. The van der Waals surface area contributed by atoms with E-state index in [9.17, 15) is 0 Å². The molecule has 66 valence electrons. The van der Waals surface area contributed by atoms with Gasteiger partial charge in [0.2, 0.25) is 0 Å². The summed E-state index contributed by atoms with van der Waals surface area (Å²) in [6, 6.07) is 5.38. The van der Waals surface area contributed by atoms with Crippen LogP contribution in [-0.4, -0.2) is 21.3 Å². The second kappa shape index (κ2) is 3.85. The maximum atomic E-state index is 5.04. The van der Waals surface area contributed by atoms with Gasteiger partial charge in [0, 0.05) is 18.2 Å².